The van der Waals surface area contributed by atoms with Crippen LogP contribution in [0, 0.1) is 11.8 Å². The van der Waals surface area contributed by atoms with Crippen LogP contribution < -0.4 is 10.1 Å². The largest absolute Gasteiger partial charge is 0.493 e. The second kappa shape index (κ2) is 10.7. The van der Waals surface area contributed by atoms with Gasteiger partial charge in [0.05, 0.1) is 18.7 Å². The van der Waals surface area contributed by atoms with Crippen molar-refractivity contribution in [2.45, 2.75) is 39.2 Å². The second-order valence-corrected chi connectivity index (χ2v) is 9.01. The molecule has 7 heteroatoms. The molecule has 2 saturated heterocycles. The Bertz CT molecular complexity index is 770. The first kappa shape index (κ1) is 23.1. The lowest BCUT2D eigenvalue weighted by atomic mass is 9.97. The number of piperidine rings is 1. The molecule has 1 amide bonds. The highest BCUT2D eigenvalue weighted by Gasteiger charge is 2.28. The van der Waals surface area contributed by atoms with Crippen LogP contribution in [-0.4, -0.2) is 72.2 Å². The molecule has 3 rings (SSSR count). The highest BCUT2D eigenvalue weighted by Crippen LogP contribution is 2.22. The van der Waals surface area contributed by atoms with Gasteiger partial charge in [0.1, 0.15) is 5.75 Å². The predicted molar refractivity (Wildman–Crippen MR) is 120 cm³/mol. The molecule has 0 radical (unpaired) electrons. The first-order valence-electron chi connectivity index (χ1n) is 11.2. The summed E-state index contributed by atoms with van der Waals surface area (Å²) < 4.78 is 5.83. The summed E-state index contributed by atoms with van der Waals surface area (Å²) in [6.07, 6.45) is 2.86. The van der Waals surface area contributed by atoms with Crippen LogP contribution in [0.2, 0.25) is 0 Å². The Morgan fingerprint density at radius 2 is 1.87 bits per heavy atom. The Morgan fingerprint density at radius 1 is 1.19 bits per heavy atom. The number of carbonyl (C=O) groups is 2. The Hall–Kier alpha value is -2.54. The van der Waals surface area contributed by atoms with E-state index in [9.17, 15) is 9.59 Å². The highest BCUT2D eigenvalue weighted by molar-refractivity contribution is 5.87. The Morgan fingerprint density at radius 3 is 2.48 bits per heavy atom. The van der Waals surface area contributed by atoms with Crippen molar-refractivity contribution in [3.8, 4) is 5.75 Å². The van der Waals surface area contributed by atoms with Gasteiger partial charge in [-0.2, -0.15) is 0 Å². The Kier molecular flexibility index (Phi) is 7.96. The van der Waals surface area contributed by atoms with Crippen LogP contribution in [-0.2, 0) is 4.79 Å². The van der Waals surface area contributed by atoms with E-state index in [4.69, 9.17) is 9.84 Å². The van der Waals surface area contributed by atoms with Crippen LogP contribution in [0.1, 0.15) is 43.5 Å². The molecule has 0 aliphatic carbocycles. The van der Waals surface area contributed by atoms with Gasteiger partial charge in [0.25, 0.3) is 0 Å². The summed E-state index contributed by atoms with van der Waals surface area (Å²) in [6, 6.07) is 6.74. The molecule has 1 atom stereocenters. The Balaban J connectivity index is 1.41. The van der Waals surface area contributed by atoms with Crippen LogP contribution in [0.5, 0.6) is 5.75 Å². The molecule has 1 aromatic rings. The van der Waals surface area contributed by atoms with Gasteiger partial charge < -0.3 is 25.0 Å². The van der Waals surface area contributed by atoms with Crippen LogP contribution in [0.4, 0.5) is 0 Å². The van der Waals surface area contributed by atoms with Crippen LogP contribution in [0.15, 0.2) is 36.5 Å². The molecule has 2 fully saturated rings. The normalized spacial score (nSPS) is 20.2. The molecule has 170 valence electrons. The number of likely N-dealkylation sites (tertiary alicyclic amines) is 1. The van der Waals surface area contributed by atoms with E-state index in [0.29, 0.717) is 30.7 Å². The number of hydrogen-bond donors (Lipinski definition) is 2. The molecule has 2 N–H and O–H groups in total. The van der Waals surface area contributed by atoms with Gasteiger partial charge in [-0.15, -0.1) is 0 Å². The van der Waals surface area contributed by atoms with E-state index >= 15 is 0 Å². The van der Waals surface area contributed by atoms with E-state index in [2.05, 4.69) is 30.6 Å². The molecule has 0 saturated carbocycles. The number of nitrogens with one attached hydrogen (secondary N) is 1. The number of carboxylic acids is 1. The van der Waals surface area contributed by atoms with Gasteiger partial charge in [-0.3, -0.25) is 4.79 Å². The lowest BCUT2D eigenvalue weighted by Crippen LogP contribution is -2.52. The summed E-state index contributed by atoms with van der Waals surface area (Å²) >= 11 is 0. The van der Waals surface area contributed by atoms with Crippen LogP contribution in [0.25, 0.3) is 0 Å². The molecule has 0 bridgehead atoms. The summed E-state index contributed by atoms with van der Waals surface area (Å²) in [5, 5.41) is 12.5. The van der Waals surface area contributed by atoms with E-state index in [0.717, 1.165) is 51.1 Å². The molecule has 2 aliphatic rings. The topological polar surface area (TPSA) is 82.1 Å². The third-order valence-corrected chi connectivity index (χ3v) is 6.17. The van der Waals surface area contributed by atoms with Crippen LogP contribution >= 0.6 is 0 Å². The van der Waals surface area contributed by atoms with E-state index in [1.807, 2.05) is 4.90 Å². The van der Waals surface area contributed by atoms with Crippen molar-refractivity contribution in [2.24, 2.45) is 11.8 Å². The maximum absolute atomic E-state index is 12.9. The second-order valence-electron chi connectivity index (χ2n) is 9.01. The average molecular weight is 430 g/mol. The van der Waals surface area contributed by atoms with Gasteiger partial charge in [-0.25, -0.2) is 4.79 Å². The third kappa shape index (κ3) is 6.47. The molecule has 0 spiro atoms. The summed E-state index contributed by atoms with van der Waals surface area (Å²) in [5.41, 5.74) is 1.28. The fourth-order valence-corrected chi connectivity index (χ4v) is 4.25. The number of aromatic carboxylic acids is 1. The standard InChI is InChI=1S/C24H35N3O4/c1-17(2)14-22-18(3)27(13-10-25-22)15-23(28)26-11-8-19(9-12-26)16-31-21-6-4-20(5-7-21)24(29)30/h4-7,17,19,22,25H,3,8-16H2,1-2H3,(H,29,30). The van der Waals surface area contributed by atoms with Gasteiger partial charge in [0, 0.05) is 37.9 Å². The number of carboxylic acid groups (broad SMARTS) is 1. The molecular weight excluding hydrogens is 394 g/mol. The van der Waals surface area contributed by atoms with E-state index in [1.165, 1.54) is 0 Å². The molecule has 1 unspecified atom stereocenters. The minimum atomic E-state index is -0.941. The van der Waals surface area contributed by atoms with Crippen molar-refractivity contribution < 1.29 is 19.4 Å². The average Bonchev–Trinajstić information content (AvgIpc) is 2.75. The zero-order valence-corrected chi connectivity index (χ0v) is 18.7. The highest BCUT2D eigenvalue weighted by atomic mass is 16.5. The molecule has 2 aliphatic heterocycles. The van der Waals surface area contributed by atoms with Gasteiger partial charge >= 0.3 is 5.97 Å². The molecule has 31 heavy (non-hydrogen) atoms. The lowest BCUT2D eigenvalue weighted by molar-refractivity contribution is -0.133. The van der Waals surface area contributed by atoms with Gasteiger partial charge in [0.15, 0.2) is 0 Å². The smallest absolute Gasteiger partial charge is 0.335 e. The number of hydrogen-bond acceptors (Lipinski definition) is 5. The number of rotatable bonds is 8. The van der Waals surface area contributed by atoms with E-state index in [1.54, 1.807) is 24.3 Å². The van der Waals surface area contributed by atoms with Crippen molar-refractivity contribution in [3.63, 3.8) is 0 Å². The SMILES string of the molecule is C=C1C(CC(C)C)NCCN1CC(=O)N1CCC(COc2ccc(C(=O)O)cc2)CC1. The minimum absolute atomic E-state index is 0.176. The summed E-state index contributed by atoms with van der Waals surface area (Å²) in [5.74, 6) is 0.893. The van der Waals surface area contributed by atoms with Crippen LogP contribution in [0.3, 0.4) is 0 Å². The van der Waals surface area contributed by atoms with Crippen molar-refractivity contribution in [1.29, 1.82) is 0 Å². The molecule has 2 heterocycles. The quantitative estimate of drug-likeness (QED) is 0.661. The van der Waals surface area contributed by atoms with Gasteiger partial charge in [-0.1, -0.05) is 20.4 Å². The number of piperazine rings is 1. The number of carbonyl (C=O) groups excluding carboxylic acids is 1. The number of benzene rings is 1. The molecule has 7 nitrogen and oxygen atoms in total. The predicted octanol–water partition coefficient (Wildman–Crippen LogP) is 2.84. The molecule has 0 aromatic heterocycles. The molecular formula is C24H35N3O4. The Labute approximate surface area is 185 Å². The number of amides is 1. The van der Waals surface area contributed by atoms with Gasteiger partial charge in [-0.05, 0) is 55.4 Å². The fraction of sp³-hybridized carbons (Fsp3) is 0.583. The maximum atomic E-state index is 12.9. The number of nitrogens with zero attached hydrogens (tertiary/aromatic N) is 2. The maximum Gasteiger partial charge on any atom is 0.335 e. The van der Waals surface area contributed by atoms with E-state index in [-0.39, 0.29) is 17.5 Å². The summed E-state index contributed by atoms with van der Waals surface area (Å²) in [7, 11) is 0. The first-order valence-corrected chi connectivity index (χ1v) is 11.2. The van der Waals surface area contributed by atoms with Gasteiger partial charge in [0.2, 0.25) is 5.91 Å². The van der Waals surface area contributed by atoms with Crippen molar-refractivity contribution in [3.05, 3.63) is 42.1 Å². The van der Waals surface area contributed by atoms with Crippen molar-refractivity contribution in [2.75, 3.05) is 39.3 Å². The fourth-order valence-electron chi connectivity index (χ4n) is 4.25. The third-order valence-electron chi connectivity index (χ3n) is 6.17. The number of ether oxygens (including phenoxy) is 1. The van der Waals surface area contributed by atoms with Crippen molar-refractivity contribution in [1.82, 2.24) is 15.1 Å². The first-order chi connectivity index (χ1) is 14.8. The zero-order valence-electron chi connectivity index (χ0n) is 18.7. The monoisotopic (exact) mass is 429 g/mol. The molecule has 1 aromatic carbocycles. The lowest BCUT2D eigenvalue weighted by Gasteiger charge is -2.39. The zero-order chi connectivity index (χ0) is 22.4. The van der Waals surface area contributed by atoms with Crippen molar-refractivity contribution >= 4 is 11.9 Å². The van der Waals surface area contributed by atoms with E-state index < -0.39 is 5.97 Å². The summed E-state index contributed by atoms with van der Waals surface area (Å²) in [6.45, 7) is 12.9. The summed E-state index contributed by atoms with van der Waals surface area (Å²) in [4.78, 5) is 27.9. The minimum Gasteiger partial charge on any atom is -0.493 e.